The molecule has 2 rings (SSSR count). The molecule has 0 saturated heterocycles. The minimum absolute atomic E-state index is 0.249. The number of carbonyl (C=O) groups is 1. The summed E-state index contributed by atoms with van der Waals surface area (Å²) < 4.78 is 11.2. The van der Waals surface area contributed by atoms with Gasteiger partial charge >= 0.3 is 0 Å². The molecule has 1 aromatic heterocycles. The van der Waals surface area contributed by atoms with Gasteiger partial charge in [-0.05, 0) is 47.5 Å². The zero-order valence-corrected chi connectivity index (χ0v) is 12.9. The van der Waals surface area contributed by atoms with Crippen molar-refractivity contribution in [3.63, 3.8) is 0 Å². The lowest BCUT2D eigenvalue weighted by Crippen LogP contribution is -2.12. The monoisotopic (exact) mass is 338 g/mol. The topological polar surface area (TPSA) is 64.4 Å². The molecular weight excluding hydrogens is 324 g/mol. The van der Waals surface area contributed by atoms with E-state index in [-0.39, 0.29) is 5.91 Å². The molecule has 6 heteroatoms. The fourth-order valence-corrected chi connectivity index (χ4v) is 2.08. The molecule has 1 amide bonds. The lowest BCUT2D eigenvalue weighted by Gasteiger charge is -2.08. The molecule has 2 aromatic rings. The molecule has 20 heavy (non-hydrogen) atoms. The first-order chi connectivity index (χ1) is 9.60. The standard InChI is InChI=1S/C14H15BrN2O3/c1-3-6-19-12-5-4-10(8-11(12)15)14(18)16-13-7-9(2)20-17-13/h4-5,7-8H,3,6H2,1-2H3,(H,16,17,18). The van der Waals surface area contributed by atoms with Gasteiger partial charge in [0.1, 0.15) is 11.5 Å². The molecule has 0 aliphatic carbocycles. The average Bonchev–Trinajstić information content (AvgIpc) is 2.82. The van der Waals surface area contributed by atoms with Crippen LogP contribution in [0.4, 0.5) is 5.82 Å². The van der Waals surface area contributed by atoms with Crippen LogP contribution in [0.3, 0.4) is 0 Å². The summed E-state index contributed by atoms with van der Waals surface area (Å²) in [7, 11) is 0. The van der Waals surface area contributed by atoms with E-state index in [4.69, 9.17) is 9.26 Å². The number of aryl methyl sites for hydroxylation is 1. The summed E-state index contributed by atoms with van der Waals surface area (Å²) in [6.45, 7) is 4.44. The lowest BCUT2D eigenvalue weighted by molar-refractivity contribution is 0.102. The first-order valence-corrected chi connectivity index (χ1v) is 7.06. The quantitative estimate of drug-likeness (QED) is 0.900. The molecule has 106 valence electrons. The van der Waals surface area contributed by atoms with Crippen molar-refractivity contribution in [1.82, 2.24) is 5.16 Å². The Morgan fingerprint density at radius 3 is 2.85 bits per heavy atom. The Morgan fingerprint density at radius 2 is 2.25 bits per heavy atom. The third-order valence-corrected chi connectivity index (χ3v) is 3.15. The Labute approximate surface area is 125 Å². The molecule has 0 aliphatic rings. The number of carbonyl (C=O) groups excluding carboxylic acids is 1. The van der Waals surface area contributed by atoms with Crippen molar-refractivity contribution in [2.45, 2.75) is 20.3 Å². The number of benzene rings is 1. The summed E-state index contributed by atoms with van der Waals surface area (Å²) in [6.07, 6.45) is 0.931. The highest BCUT2D eigenvalue weighted by Crippen LogP contribution is 2.26. The van der Waals surface area contributed by atoms with Gasteiger partial charge in [-0.25, -0.2) is 0 Å². The van der Waals surface area contributed by atoms with E-state index in [1.54, 1.807) is 31.2 Å². The average molecular weight is 339 g/mol. The van der Waals surface area contributed by atoms with Gasteiger partial charge in [-0.1, -0.05) is 12.1 Å². The Morgan fingerprint density at radius 1 is 1.45 bits per heavy atom. The first-order valence-electron chi connectivity index (χ1n) is 6.27. The van der Waals surface area contributed by atoms with E-state index in [2.05, 4.69) is 26.4 Å². The van der Waals surface area contributed by atoms with Crippen molar-refractivity contribution < 1.29 is 14.1 Å². The fraction of sp³-hybridized carbons (Fsp3) is 0.286. The molecule has 0 fully saturated rings. The third-order valence-electron chi connectivity index (χ3n) is 2.53. The maximum atomic E-state index is 12.0. The Hall–Kier alpha value is -1.82. The van der Waals surface area contributed by atoms with Crippen LogP contribution in [0.1, 0.15) is 29.5 Å². The number of hydrogen-bond acceptors (Lipinski definition) is 4. The highest BCUT2D eigenvalue weighted by Gasteiger charge is 2.11. The highest BCUT2D eigenvalue weighted by atomic mass is 79.9. The Bertz CT molecular complexity index is 610. The van der Waals surface area contributed by atoms with Gasteiger partial charge in [0.2, 0.25) is 0 Å². The molecule has 0 bridgehead atoms. The van der Waals surface area contributed by atoms with Gasteiger partial charge in [0, 0.05) is 11.6 Å². The van der Waals surface area contributed by atoms with Gasteiger partial charge in [0.15, 0.2) is 5.82 Å². The van der Waals surface area contributed by atoms with Gasteiger partial charge in [-0.3, -0.25) is 4.79 Å². The predicted octanol–water partition coefficient (Wildman–Crippen LogP) is 3.79. The van der Waals surface area contributed by atoms with Crippen molar-refractivity contribution in [2.24, 2.45) is 0 Å². The van der Waals surface area contributed by atoms with Gasteiger partial charge in [-0.15, -0.1) is 0 Å². The number of halogens is 1. The second-order valence-electron chi connectivity index (χ2n) is 4.27. The maximum Gasteiger partial charge on any atom is 0.256 e. The number of anilines is 1. The smallest absolute Gasteiger partial charge is 0.256 e. The summed E-state index contributed by atoms with van der Waals surface area (Å²) >= 11 is 3.40. The van der Waals surface area contributed by atoms with Crippen LogP contribution < -0.4 is 10.1 Å². The van der Waals surface area contributed by atoms with Crippen LogP contribution in [-0.2, 0) is 0 Å². The van der Waals surface area contributed by atoms with E-state index in [9.17, 15) is 4.79 Å². The minimum atomic E-state index is -0.249. The second kappa shape index (κ2) is 6.56. The van der Waals surface area contributed by atoms with Gasteiger partial charge in [0.25, 0.3) is 5.91 Å². The number of amides is 1. The molecule has 0 radical (unpaired) electrons. The van der Waals surface area contributed by atoms with E-state index in [1.807, 2.05) is 6.92 Å². The fourth-order valence-electron chi connectivity index (χ4n) is 1.58. The van der Waals surface area contributed by atoms with Crippen molar-refractivity contribution in [1.29, 1.82) is 0 Å². The minimum Gasteiger partial charge on any atom is -0.492 e. The number of hydrogen-bond donors (Lipinski definition) is 1. The molecule has 1 heterocycles. The van der Waals surface area contributed by atoms with Gasteiger partial charge < -0.3 is 14.6 Å². The number of ether oxygens (including phenoxy) is 1. The molecule has 1 aromatic carbocycles. The Balaban J connectivity index is 2.08. The summed E-state index contributed by atoms with van der Waals surface area (Å²) in [4.78, 5) is 12.0. The van der Waals surface area contributed by atoms with E-state index in [1.165, 1.54) is 0 Å². The molecule has 0 saturated carbocycles. The normalized spacial score (nSPS) is 10.3. The second-order valence-corrected chi connectivity index (χ2v) is 5.12. The molecule has 0 atom stereocenters. The summed E-state index contributed by atoms with van der Waals surface area (Å²) in [6, 6.07) is 6.85. The molecular formula is C14H15BrN2O3. The molecule has 5 nitrogen and oxygen atoms in total. The van der Waals surface area contributed by atoms with E-state index in [0.717, 1.165) is 16.6 Å². The zero-order valence-electron chi connectivity index (χ0n) is 11.3. The van der Waals surface area contributed by atoms with Crippen molar-refractivity contribution in [2.75, 3.05) is 11.9 Å². The van der Waals surface area contributed by atoms with E-state index >= 15 is 0 Å². The number of nitrogens with one attached hydrogen (secondary N) is 1. The number of nitrogens with zero attached hydrogens (tertiary/aromatic N) is 1. The SMILES string of the molecule is CCCOc1ccc(C(=O)Nc2cc(C)on2)cc1Br. The molecule has 0 unspecified atom stereocenters. The van der Waals surface area contributed by atoms with Crippen LogP contribution in [0, 0.1) is 6.92 Å². The van der Waals surface area contributed by atoms with Crippen molar-refractivity contribution in [3.05, 3.63) is 40.1 Å². The molecule has 1 N–H and O–H groups in total. The maximum absolute atomic E-state index is 12.0. The lowest BCUT2D eigenvalue weighted by atomic mass is 10.2. The van der Waals surface area contributed by atoms with Crippen LogP contribution in [0.25, 0.3) is 0 Å². The largest absolute Gasteiger partial charge is 0.492 e. The number of rotatable bonds is 5. The Kier molecular flexibility index (Phi) is 4.79. The molecule has 0 aliphatic heterocycles. The van der Waals surface area contributed by atoms with E-state index in [0.29, 0.717) is 23.7 Å². The number of aromatic nitrogens is 1. The molecule has 0 spiro atoms. The van der Waals surface area contributed by atoms with Crippen molar-refractivity contribution in [3.8, 4) is 5.75 Å². The summed E-state index contributed by atoms with van der Waals surface area (Å²) in [5.74, 6) is 1.52. The van der Waals surface area contributed by atoms with Crippen LogP contribution in [-0.4, -0.2) is 17.7 Å². The first kappa shape index (κ1) is 14.6. The van der Waals surface area contributed by atoms with Gasteiger partial charge in [-0.2, -0.15) is 0 Å². The van der Waals surface area contributed by atoms with Crippen LogP contribution in [0.2, 0.25) is 0 Å². The highest BCUT2D eigenvalue weighted by molar-refractivity contribution is 9.10. The predicted molar refractivity (Wildman–Crippen MR) is 79.1 cm³/mol. The summed E-state index contributed by atoms with van der Waals surface area (Å²) in [5.41, 5.74) is 0.515. The van der Waals surface area contributed by atoms with Crippen LogP contribution in [0.5, 0.6) is 5.75 Å². The third kappa shape index (κ3) is 3.60. The van der Waals surface area contributed by atoms with Crippen molar-refractivity contribution >= 4 is 27.7 Å². The van der Waals surface area contributed by atoms with Crippen LogP contribution in [0.15, 0.2) is 33.3 Å². The van der Waals surface area contributed by atoms with Gasteiger partial charge in [0.05, 0.1) is 11.1 Å². The summed E-state index contributed by atoms with van der Waals surface area (Å²) in [5, 5.41) is 6.38. The van der Waals surface area contributed by atoms with E-state index < -0.39 is 0 Å². The van der Waals surface area contributed by atoms with Crippen LogP contribution >= 0.6 is 15.9 Å². The zero-order chi connectivity index (χ0) is 14.5.